The third-order valence-electron chi connectivity index (χ3n) is 3.08. The van der Waals surface area contributed by atoms with Crippen molar-refractivity contribution in [2.45, 2.75) is 19.4 Å². The van der Waals surface area contributed by atoms with Gasteiger partial charge in [0.15, 0.2) is 0 Å². The maximum atomic E-state index is 3.59. The molecule has 0 aliphatic heterocycles. The predicted octanol–water partition coefficient (Wildman–Crippen LogP) is 4.34. The number of hydrogen-bond donors (Lipinski definition) is 1. The quantitative estimate of drug-likeness (QED) is 0.866. The fraction of sp³-hybridized carbons (Fsp3) is 0.250. The van der Waals surface area contributed by atoms with Crippen molar-refractivity contribution in [1.82, 2.24) is 5.32 Å². The Kier molecular flexibility index (Phi) is 4.97. The van der Waals surface area contributed by atoms with Crippen LogP contribution in [0.1, 0.15) is 24.1 Å². The van der Waals surface area contributed by atoms with E-state index in [1.165, 1.54) is 15.6 Å². The lowest BCUT2D eigenvalue weighted by atomic mass is 10.1. The van der Waals surface area contributed by atoms with Crippen molar-refractivity contribution in [2.24, 2.45) is 0 Å². The van der Waals surface area contributed by atoms with Crippen molar-refractivity contribution >= 4 is 15.9 Å². The molecule has 0 aromatic heterocycles. The van der Waals surface area contributed by atoms with Crippen molar-refractivity contribution in [3.63, 3.8) is 0 Å². The third kappa shape index (κ3) is 3.69. The molecule has 0 amide bonds. The van der Waals surface area contributed by atoms with Crippen LogP contribution in [0.3, 0.4) is 0 Å². The molecule has 0 bridgehead atoms. The van der Waals surface area contributed by atoms with Crippen molar-refractivity contribution in [1.29, 1.82) is 0 Å². The average molecular weight is 304 g/mol. The average Bonchev–Trinajstić information content (AvgIpc) is 2.40. The molecular formula is C16H18BrN. The van der Waals surface area contributed by atoms with Gasteiger partial charge in [-0.1, -0.05) is 64.5 Å². The number of halogens is 1. The van der Waals surface area contributed by atoms with Crippen LogP contribution in [-0.2, 0) is 6.42 Å². The Morgan fingerprint density at radius 1 is 1.00 bits per heavy atom. The molecule has 0 radical (unpaired) electrons. The number of hydrogen-bond acceptors (Lipinski definition) is 1. The number of rotatable bonds is 5. The molecule has 1 N–H and O–H groups in total. The molecule has 0 unspecified atom stereocenters. The van der Waals surface area contributed by atoms with E-state index in [2.05, 4.69) is 76.7 Å². The molecule has 2 aromatic carbocycles. The Labute approximate surface area is 117 Å². The van der Waals surface area contributed by atoms with Crippen LogP contribution in [0.2, 0.25) is 0 Å². The van der Waals surface area contributed by atoms with Gasteiger partial charge in [-0.3, -0.25) is 0 Å². The lowest BCUT2D eigenvalue weighted by molar-refractivity contribution is 0.575. The standard InChI is InChI=1S/C16H18BrN/c1-13(15-9-5-6-10-16(15)17)18-12-11-14-7-3-2-4-8-14/h2-10,13,18H,11-12H2,1H3/t13-/m1/s1. The Morgan fingerprint density at radius 2 is 1.67 bits per heavy atom. The molecule has 0 saturated heterocycles. The lowest BCUT2D eigenvalue weighted by Crippen LogP contribution is -2.21. The molecule has 0 fully saturated rings. The van der Waals surface area contributed by atoms with E-state index >= 15 is 0 Å². The minimum Gasteiger partial charge on any atom is -0.310 e. The van der Waals surface area contributed by atoms with E-state index in [0.717, 1.165) is 13.0 Å². The zero-order valence-electron chi connectivity index (χ0n) is 10.6. The van der Waals surface area contributed by atoms with E-state index in [4.69, 9.17) is 0 Å². The van der Waals surface area contributed by atoms with Gasteiger partial charge in [-0.25, -0.2) is 0 Å². The van der Waals surface area contributed by atoms with E-state index in [9.17, 15) is 0 Å². The van der Waals surface area contributed by atoms with Crippen LogP contribution < -0.4 is 5.32 Å². The van der Waals surface area contributed by atoms with Crippen molar-refractivity contribution in [3.8, 4) is 0 Å². The first-order valence-electron chi connectivity index (χ1n) is 6.29. The SMILES string of the molecule is C[C@@H](NCCc1ccccc1)c1ccccc1Br. The van der Waals surface area contributed by atoms with Gasteiger partial charge in [0.25, 0.3) is 0 Å². The summed E-state index contributed by atoms with van der Waals surface area (Å²) in [6.07, 6.45) is 1.07. The van der Waals surface area contributed by atoms with Crippen LogP contribution in [0.4, 0.5) is 0 Å². The molecule has 1 nitrogen and oxygen atoms in total. The highest BCUT2D eigenvalue weighted by atomic mass is 79.9. The van der Waals surface area contributed by atoms with Gasteiger partial charge in [-0.15, -0.1) is 0 Å². The summed E-state index contributed by atoms with van der Waals surface area (Å²) < 4.78 is 1.17. The summed E-state index contributed by atoms with van der Waals surface area (Å²) in [6.45, 7) is 3.19. The van der Waals surface area contributed by atoms with Crippen molar-refractivity contribution in [3.05, 3.63) is 70.2 Å². The monoisotopic (exact) mass is 303 g/mol. The summed E-state index contributed by atoms with van der Waals surface area (Å²) >= 11 is 3.59. The van der Waals surface area contributed by atoms with E-state index in [1.54, 1.807) is 0 Å². The van der Waals surface area contributed by atoms with Crippen LogP contribution in [0.15, 0.2) is 59.1 Å². The summed E-state index contributed by atoms with van der Waals surface area (Å²) in [6, 6.07) is 19.3. The zero-order chi connectivity index (χ0) is 12.8. The molecule has 0 spiro atoms. The maximum absolute atomic E-state index is 3.59. The summed E-state index contributed by atoms with van der Waals surface area (Å²) in [5, 5.41) is 3.56. The molecule has 2 rings (SSSR count). The van der Waals surface area contributed by atoms with E-state index in [1.807, 2.05) is 6.07 Å². The molecule has 0 aliphatic rings. The first-order chi connectivity index (χ1) is 8.77. The Bertz CT molecular complexity index is 481. The molecule has 94 valence electrons. The first-order valence-corrected chi connectivity index (χ1v) is 7.08. The maximum Gasteiger partial charge on any atom is 0.0303 e. The second-order valence-electron chi connectivity index (χ2n) is 4.43. The lowest BCUT2D eigenvalue weighted by Gasteiger charge is -2.15. The smallest absolute Gasteiger partial charge is 0.0303 e. The molecule has 0 heterocycles. The Hall–Kier alpha value is -1.12. The van der Waals surface area contributed by atoms with Gasteiger partial charge in [-0.2, -0.15) is 0 Å². The fourth-order valence-corrected chi connectivity index (χ4v) is 2.64. The molecular weight excluding hydrogens is 286 g/mol. The van der Waals surface area contributed by atoms with Crippen molar-refractivity contribution in [2.75, 3.05) is 6.54 Å². The summed E-state index contributed by atoms with van der Waals surface area (Å²) in [4.78, 5) is 0. The van der Waals surface area contributed by atoms with Gasteiger partial charge in [0.05, 0.1) is 0 Å². The van der Waals surface area contributed by atoms with Gasteiger partial charge < -0.3 is 5.32 Å². The highest BCUT2D eigenvalue weighted by Crippen LogP contribution is 2.22. The van der Waals surface area contributed by atoms with E-state index < -0.39 is 0 Å². The molecule has 1 atom stereocenters. The van der Waals surface area contributed by atoms with Crippen LogP contribution in [-0.4, -0.2) is 6.54 Å². The highest BCUT2D eigenvalue weighted by Gasteiger charge is 2.07. The zero-order valence-corrected chi connectivity index (χ0v) is 12.2. The summed E-state index contributed by atoms with van der Waals surface area (Å²) in [5.41, 5.74) is 2.69. The van der Waals surface area contributed by atoms with Crippen LogP contribution in [0.5, 0.6) is 0 Å². The minimum absolute atomic E-state index is 0.365. The van der Waals surface area contributed by atoms with Gasteiger partial charge >= 0.3 is 0 Å². The largest absolute Gasteiger partial charge is 0.310 e. The predicted molar refractivity (Wildman–Crippen MR) is 80.7 cm³/mol. The van der Waals surface area contributed by atoms with E-state index in [-0.39, 0.29) is 0 Å². The summed E-state index contributed by atoms with van der Waals surface area (Å²) in [7, 11) is 0. The fourth-order valence-electron chi connectivity index (χ4n) is 2.01. The molecule has 18 heavy (non-hydrogen) atoms. The second-order valence-corrected chi connectivity index (χ2v) is 5.29. The van der Waals surface area contributed by atoms with Gasteiger partial charge in [-0.05, 0) is 37.1 Å². The number of benzene rings is 2. The van der Waals surface area contributed by atoms with E-state index in [0.29, 0.717) is 6.04 Å². The third-order valence-corrected chi connectivity index (χ3v) is 3.80. The molecule has 0 aliphatic carbocycles. The van der Waals surface area contributed by atoms with Crippen LogP contribution >= 0.6 is 15.9 Å². The van der Waals surface area contributed by atoms with Gasteiger partial charge in [0.2, 0.25) is 0 Å². The minimum atomic E-state index is 0.365. The first kappa shape index (κ1) is 13.3. The van der Waals surface area contributed by atoms with Gasteiger partial charge in [0, 0.05) is 10.5 Å². The van der Waals surface area contributed by atoms with Crippen LogP contribution in [0, 0.1) is 0 Å². The summed E-state index contributed by atoms with van der Waals surface area (Å²) in [5.74, 6) is 0. The Balaban J connectivity index is 1.86. The van der Waals surface area contributed by atoms with Crippen molar-refractivity contribution < 1.29 is 0 Å². The molecule has 2 heteroatoms. The molecule has 0 saturated carbocycles. The van der Waals surface area contributed by atoms with Gasteiger partial charge in [0.1, 0.15) is 0 Å². The Morgan fingerprint density at radius 3 is 2.39 bits per heavy atom. The normalized spacial score (nSPS) is 12.3. The molecule has 2 aromatic rings. The van der Waals surface area contributed by atoms with Crippen LogP contribution in [0.25, 0.3) is 0 Å². The topological polar surface area (TPSA) is 12.0 Å². The number of nitrogens with one attached hydrogen (secondary N) is 1. The highest BCUT2D eigenvalue weighted by molar-refractivity contribution is 9.10. The second kappa shape index (κ2) is 6.72.